The molecule has 2 aliphatic carbocycles. The molecule has 0 spiro atoms. The van der Waals surface area contributed by atoms with E-state index in [4.69, 9.17) is 19.4 Å². The van der Waals surface area contributed by atoms with Crippen LogP contribution in [0.1, 0.15) is 45.9 Å². The van der Waals surface area contributed by atoms with Crippen LogP contribution in [0, 0.1) is 12.1 Å². The van der Waals surface area contributed by atoms with Gasteiger partial charge in [-0.05, 0) is 99.3 Å². The van der Waals surface area contributed by atoms with Gasteiger partial charge in [0.25, 0.3) is 0 Å². The maximum Gasteiger partial charge on any atom is 0.164 e. The summed E-state index contributed by atoms with van der Waals surface area (Å²) < 4.78 is 6.98. The normalized spacial score (nSPS) is 14.0. The first-order chi connectivity index (χ1) is 28.2. The average Bonchev–Trinajstić information content (AvgIpc) is 3.68. The molecule has 1 atom stereocenters. The van der Waals surface area contributed by atoms with Gasteiger partial charge in [0.15, 0.2) is 17.5 Å². The van der Waals surface area contributed by atoms with Crippen LogP contribution in [0.2, 0.25) is 0 Å². The third kappa shape index (κ3) is 5.72. The van der Waals surface area contributed by atoms with E-state index in [1.54, 1.807) is 0 Å². The summed E-state index contributed by atoms with van der Waals surface area (Å²) in [6, 6.07) is 58.6. The van der Waals surface area contributed by atoms with Crippen molar-refractivity contribution in [1.82, 2.24) is 15.0 Å². The highest BCUT2D eigenvalue weighted by Crippen LogP contribution is 2.49. The van der Waals surface area contributed by atoms with Crippen molar-refractivity contribution >= 4 is 45.5 Å². The van der Waals surface area contributed by atoms with Gasteiger partial charge in [-0.2, -0.15) is 0 Å². The lowest BCUT2D eigenvalue weighted by atomic mass is 9.77. The zero-order valence-corrected chi connectivity index (χ0v) is 30.7. The van der Waals surface area contributed by atoms with Gasteiger partial charge in [-0.25, -0.2) is 15.0 Å². The number of nitrogens with zero attached hydrogens (tertiary/aromatic N) is 3. The molecule has 2 aliphatic rings. The van der Waals surface area contributed by atoms with Gasteiger partial charge in [0.2, 0.25) is 0 Å². The van der Waals surface area contributed by atoms with Crippen molar-refractivity contribution in [3.8, 4) is 45.3 Å². The number of fused-ring (bicyclic) bond motifs is 5. The molecule has 4 nitrogen and oxygen atoms in total. The van der Waals surface area contributed by atoms with Gasteiger partial charge in [-0.1, -0.05) is 145 Å². The summed E-state index contributed by atoms with van der Waals surface area (Å²) in [6.07, 6.45) is 7.20. The first kappa shape index (κ1) is 32.6. The minimum atomic E-state index is -0.0290. The van der Waals surface area contributed by atoms with Gasteiger partial charge in [-0.15, -0.1) is 0 Å². The topological polar surface area (TPSA) is 51.8 Å². The van der Waals surface area contributed by atoms with E-state index in [0.717, 1.165) is 78.4 Å². The predicted molar refractivity (Wildman–Crippen MR) is 230 cm³/mol. The Labute approximate surface area is 330 Å². The van der Waals surface area contributed by atoms with Gasteiger partial charge < -0.3 is 4.42 Å². The Kier molecular flexibility index (Phi) is 7.73. The third-order valence-electron chi connectivity index (χ3n) is 11.0. The van der Waals surface area contributed by atoms with E-state index < -0.39 is 0 Å². The molecule has 2 aromatic heterocycles. The molecule has 11 rings (SSSR count). The number of allylic oxidation sites excluding steroid dienone is 1. The SMILES string of the molecule is C1=C=Cc2c(cccc2C2CC(c3cccc4c#cccc34)=Cc3c2oc2cccc(-c4cccc(-c5nc(-c6ccccc6)nc(-c6ccccc6)n5)c4)c32)C=1. The Morgan fingerprint density at radius 3 is 2.04 bits per heavy atom. The zero-order chi connectivity index (χ0) is 37.7. The van der Waals surface area contributed by atoms with Crippen LogP contribution in [0.3, 0.4) is 0 Å². The molecule has 0 amide bonds. The fourth-order valence-electron chi connectivity index (χ4n) is 8.39. The lowest BCUT2D eigenvalue weighted by Crippen LogP contribution is -2.10. The van der Waals surface area contributed by atoms with Gasteiger partial charge in [0, 0.05) is 38.9 Å². The molecule has 7 aromatic carbocycles. The summed E-state index contributed by atoms with van der Waals surface area (Å²) in [6.45, 7) is 0. The molecule has 0 fully saturated rings. The van der Waals surface area contributed by atoms with E-state index in [2.05, 4.69) is 121 Å². The van der Waals surface area contributed by atoms with Crippen molar-refractivity contribution in [3.63, 3.8) is 0 Å². The van der Waals surface area contributed by atoms with Crippen molar-refractivity contribution in [2.24, 2.45) is 0 Å². The average molecular weight is 726 g/mol. The molecular weight excluding hydrogens is 695 g/mol. The third-order valence-corrected chi connectivity index (χ3v) is 11.0. The first-order valence-electron chi connectivity index (χ1n) is 19.1. The van der Waals surface area contributed by atoms with Gasteiger partial charge in [0.1, 0.15) is 11.3 Å². The molecule has 0 N–H and O–H groups in total. The molecule has 0 radical (unpaired) electrons. The maximum absolute atomic E-state index is 6.98. The second-order valence-electron chi connectivity index (χ2n) is 14.4. The molecule has 57 heavy (non-hydrogen) atoms. The van der Waals surface area contributed by atoms with Crippen molar-refractivity contribution in [3.05, 3.63) is 209 Å². The lowest BCUT2D eigenvalue weighted by molar-refractivity contribution is 0.519. The number of rotatable bonds is 6. The fourth-order valence-corrected chi connectivity index (χ4v) is 8.39. The fraction of sp³-hybridized carbons (Fsp3) is 0.0377. The van der Waals surface area contributed by atoms with Crippen LogP contribution < -0.4 is 0 Å². The zero-order valence-electron chi connectivity index (χ0n) is 30.7. The van der Waals surface area contributed by atoms with E-state index in [1.165, 1.54) is 16.7 Å². The number of furan rings is 1. The molecule has 1 unspecified atom stereocenters. The molecule has 0 saturated heterocycles. The van der Waals surface area contributed by atoms with Crippen molar-refractivity contribution < 1.29 is 4.42 Å². The molecule has 264 valence electrons. The van der Waals surface area contributed by atoms with Crippen LogP contribution >= 0.6 is 0 Å². The smallest absolute Gasteiger partial charge is 0.164 e. The van der Waals surface area contributed by atoms with E-state index in [9.17, 15) is 0 Å². The maximum atomic E-state index is 6.98. The minimum absolute atomic E-state index is 0.0290. The van der Waals surface area contributed by atoms with Gasteiger partial charge >= 0.3 is 0 Å². The summed E-state index contributed by atoms with van der Waals surface area (Å²) in [5.41, 5.74) is 19.2. The second-order valence-corrected chi connectivity index (χ2v) is 14.4. The Bertz CT molecular complexity index is 3120. The molecule has 2 heterocycles. The molecule has 9 aromatic rings. The Hall–Kier alpha value is -7.79. The molecule has 0 aliphatic heterocycles. The van der Waals surface area contributed by atoms with Gasteiger partial charge in [0.05, 0.1) is 0 Å². The molecule has 4 heteroatoms. The predicted octanol–water partition coefficient (Wildman–Crippen LogP) is 12.9. The van der Waals surface area contributed by atoms with Crippen LogP contribution in [-0.2, 0) is 0 Å². The van der Waals surface area contributed by atoms with E-state index in [-0.39, 0.29) is 5.92 Å². The summed E-state index contributed by atoms with van der Waals surface area (Å²) >= 11 is 0. The Morgan fingerprint density at radius 2 is 1.23 bits per heavy atom. The molecular formula is C53H31N3O. The molecule has 0 bridgehead atoms. The number of hydrogen-bond acceptors (Lipinski definition) is 4. The largest absolute Gasteiger partial charge is 0.460 e. The summed E-state index contributed by atoms with van der Waals surface area (Å²) in [7, 11) is 0. The highest BCUT2D eigenvalue weighted by molar-refractivity contribution is 6.07. The Morgan fingerprint density at radius 1 is 0.561 bits per heavy atom. The highest BCUT2D eigenvalue weighted by Gasteiger charge is 2.32. The minimum Gasteiger partial charge on any atom is -0.460 e. The molecule has 0 saturated carbocycles. The summed E-state index contributed by atoms with van der Waals surface area (Å²) in [5.74, 6) is 2.82. The lowest BCUT2D eigenvalue weighted by Gasteiger charge is -2.26. The first-order valence-corrected chi connectivity index (χ1v) is 19.1. The van der Waals surface area contributed by atoms with Crippen molar-refractivity contribution in [2.45, 2.75) is 12.3 Å². The van der Waals surface area contributed by atoms with Crippen LogP contribution in [0.4, 0.5) is 0 Å². The standard InChI is InChI=1S/C53H31N3O/c1-3-17-36(18-4-1)51-54-52(37-19-5-2-6-20-37)56-53(55-51)39-24-11-23-38(31-39)44-28-14-30-48-49(44)47-33-40(43-27-12-21-34-15-7-9-25-41(34)43)32-46(50(47)57-48)45-29-13-22-35-16-8-10-26-42(35)45/h1-6,9,11-14,16-31,33,46H,32H2. The number of hydrogen-bond donors (Lipinski definition) is 0. The van der Waals surface area contributed by atoms with E-state index in [1.807, 2.05) is 72.8 Å². The van der Waals surface area contributed by atoms with Crippen molar-refractivity contribution in [1.29, 1.82) is 0 Å². The quantitative estimate of drug-likeness (QED) is 0.160. The van der Waals surface area contributed by atoms with E-state index in [0.29, 0.717) is 17.5 Å². The van der Waals surface area contributed by atoms with Crippen LogP contribution in [-0.4, -0.2) is 15.0 Å². The highest BCUT2D eigenvalue weighted by atomic mass is 16.3. The second kappa shape index (κ2) is 13.5. The van der Waals surface area contributed by atoms with Crippen LogP contribution in [0.25, 0.3) is 90.8 Å². The van der Waals surface area contributed by atoms with E-state index >= 15 is 0 Å². The summed E-state index contributed by atoms with van der Waals surface area (Å²) in [5, 5.41) is 3.29. The van der Waals surface area contributed by atoms with Crippen LogP contribution in [0.15, 0.2) is 168 Å². The van der Waals surface area contributed by atoms with Crippen LogP contribution in [0.5, 0.6) is 0 Å². The van der Waals surface area contributed by atoms with Crippen molar-refractivity contribution in [2.75, 3.05) is 0 Å². The number of benzene rings is 6. The van der Waals surface area contributed by atoms with Gasteiger partial charge in [-0.3, -0.25) is 0 Å². The monoisotopic (exact) mass is 725 g/mol. The summed E-state index contributed by atoms with van der Waals surface area (Å²) in [4.78, 5) is 15.0. The Balaban J connectivity index is 1.11. The number of aromatic nitrogens is 3.